The standard InChI is InChI=1S/C16H32N2O3/c1-13-5-7-14(8-6-13)18(4)15(21)9-17(3)10-16(2,11-19)12-20/h13-14,19-20H,5-12H2,1-4H3. The van der Waals surface area contributed by atoms with E-state index in [-0.39, 0.29) is 19.1 Å². The minimum atomic E-state index is -0.562. The van der Waals surface area contributed by atoms with Gasteiger partial charge in [0.05, 0.1) is 19.8 Å². The predicted octanol–water partition coefficient (Wildman–Crippen LogP) is 0.946. The van der Waals surface area contributed by atoms with Gasteiger partial charge in [0.1, 0.15) is 0 Å². The van der Waals surface area contributed by atoms with Crippen LogP contribution in [0, 0.1) is 11.3 Å². The topological polar surface area (TPSA) is 64.0 Å². The molecule has 0 radical (unpaired) electrons. The summed E-state index contributed by atoms with van der Waals surface area (Å²) in [6, 6.07) is 0.365. The average molecular weight is 300 g/mol. The third kappa shape index (κ3) is 5.57. The number of hydrogen-bond donors (Lipinski definition) is 2. The van der Waals surface area contributed by atoms with Gasteiger partial charge in [0.2, 0.25) is 5.91 Å². The second-order valence-corrected chi connectivity index (χ2v) is 7.22. The van der Waals surface area contributed by atoms with Gasteiger partial charge < -0.3 is 15.1 Å². The number of carbonyl (C=O) groups excluding carboxylic acids is 1. The third-order valence-corrected chi connectivity index (χ3v) is 4.75. The maximum Gasteiger partial charge on any atom is 0.236 e. The van der Waals surface area contributed by atoms with Crippen LogP contribution < -0.4 is 0 Å². The van der Waals surface area contributed by atoms with Crippen molar-refractivity contribution in [3.05, 3.63) is 0 Å². The Hall–Kier alpha value is -0.650. The molecule has 0 aliphatic heterocycles. The van der Waals surface area contributed by atoms with Crippen LogP contribution in [0.5, 0.6) is 0 Å². The summed E-state index contributed by atoms with van der Waals surface area (Å²) in [5, 5.41) is 18.6. The Morgan fingerprint density at radius 2 is 1.67 bits per heavy atom. The number of amides is 1. The van der Waals surface area contributed by atoms with Gasteiger partial charge in [0.15, 0.2) is 0 Å². The van der Waals surface area contributed by atoms with E-state index in [1.54, 1.807) is 0 Å². The first kappa shape index (κ1) is 18.4. The van der Waals surface area contributed by atoms with E-state index in [0.29, 0.717) is 19.1 Å². The first-order valence-electron chi connectivity index (χ1n) is 7.97. The fraction of sp³-hybridized carbons (Fsp3) is 0.938. The summed E-state index contributed by atoms with van der Waals surface area (Å²) in [7, 11) is 3.76. The molecular formula is C16H32N2O3. The lowest BCUT2D eigenvalue weighted by molar-refractivity contribution is -0.134. The van der Waals surface area contributed by atoms with Crippen LogP contribution in [0.3, 0.4) is 0 Å². The van der Waals surface area contributed by atoms with E-state index in [1.807, 2.05) is 30.8 Å². The van der Waals surface area contributed by atoms with E-state index in [9.17, 15) is 15.0 Å². The Bertz CT molecular complexity index is 323. The fourth-order valence-electron chi connectivity index (χ4n) is 3.03. The fourth-order valence-corrected chi connectivity index (χ4v) is 3.03. The summed E-state index contributed by atoms with van der Waals surface area (Å²) in [4.78, 5) is 16.1. The molecule has 0 aromatic carbocycles. The van der Waals surface area contributed by atoms with Gasteiger partial charge in [-0.05, 0) is 38.6 Å². The Morgan fingerprint density at radius 3 is 2.14 bits per heavy atom. The molecular weight excluding hydrogens is 268 g/mol. The summed E-state index contributed by atoms with van der Waals surface area (Å²) in [5.74, 6) is 0.900. The minimum Gasteiger partial charge on any atom is -0.396 e. The van der Waals surface area contributed by atoms with Gasteiger partial charge in [-0.15, -0.1) is 0 Å². The van der Waals surface area contributed by atoms with E-state index in [4.69, 9.17) is 0 Å². The van der Waals surface area contributed by atoms with Crippen molar-refractivity contribution in [1.82, 2.24) is 9.80 Å². The summed E-state index contributed by atoms with van der Waals surface area (Å²) in [6.45, 7) is 4.76. The molecule has 124 valence electrons. The molecule has 0 bridgehead atoms. The molecule has 0 atom stereocenters. The van der Waals surface area contributed by atoms with E-state index >= 15 is 0 Å². The molecule has 0 aromatic heterocycles. The summed E-state index contributed by atoms with van der Waals surface area (Å²) >= 11 is 0. The molecule has 0 aromatic rings. The zero-order valence-corrected chi connectivity index (χ0v) is 14.0. The Labute approximate surface area is 128 Å². The van der Waals surface area contributed by atoms with Crippen LogP contribution in [0.4, 0.5) is 0 Å². The van der Waals surface area contributed by atoms with Crippen molar-refractivity contribution >= 4 is 5.91 Å². The van der Waals surface area contributed by atoms with Crippen molar-refractivity contribution in [2.45, 2.75) is 45.6 Å². The first-order chi connectivity index (χ1) is 9.81. The highest BCUT2D eigenvalue weighted by Crippen LogP contribution is 2.26. The van der Waals surface area contributed by atoms with Crippen LogP contribution in [0.1, 0.15) is 39.5 Å². The lowest BCUT2D eigenvalue weighted by Crippen LogP contribution is -2.46. The highest BCUT2D eigenvalue weighted by atomic mass is 16.3. The lowest BCUT2D eigenvalue weighted by Gasteiger charge is -2.35. The molecule has 1 amide bonds. The molecule has 5 heteroatoms. The maximum absolute atomic E-state index is 12.4. The molecule has 1 fully saturated rings. The van der Waals surface area contributed by atoms with Crippen molar-refractivity contribution in [2.75, 3.05) is 40.4 Å². The van der Waals surface area contributed by atoms with Crippen molar-refractivity contribution in [2.24, 2.45) is 11.3 Å². The van der Waals surface area contributed by atoms with E-state index in [1.165, 1.54) is 12.8 Å². The summed E-state index contributed by atoms with van der Waals surface area (Å²) < 4.78 is 0. The number of likely N-dealkylation sites (N-methyl/N-ethyl adjacent to an activating group) is 2. The summed E-state index contributed by atoms with van der Waals surface area (Å²) in [6.07, 6.45) is 4.59. The van der Waals surface area contributed by atoms with Gasteiger partial charge in [-0.2, -0.15) is 0 Å². The zero-order chi connectivity index (χ0) is 16.0. The highest BCUT2D eigenvalue weighted by Gasteiger charge is 2.28. The first-order valence-corrected chi connectivity index (χ1v) is 7.97. The number of rotatable bonds is 7. The van der Waals surface area contributed by atoms with Gasteiger partial charge in [-0.25, -0.2) is 0 Å². The van der Waals surface area contributed by atoms with Crippen molar-refractivity contribution < 1.29 is 15.0 Å². The largest absolute Gasteiger partial charge is 0.396 e. The lowest BCUT2D eigenvalue weighted by atomic mass is 9.87. The monoisotopic (exact) mass is 300 g/mol. The zero-order valence-electron chi connectivity index (χ0n) is 14.0. The van der Waals surface area contributed by atoms with Crippen LogP contribution in [-0.4, -0.2) is 72.4 Å². The van der Waals surface area contributed by atoms with Gasteiger partial charge in [-0.3, -0.25) is 9.69 Å². The number of aliphatic hydroxyl groups excluding tert-OH is 2. The number of aliphatic hydroxyl groups is 2. The second kappa shape index (κ2) is 8.11. The van der Waals surface area contributed by atoms with Crippen LogP contribution in [0.15, 0.2) is 0 Å². The SMILES string of the molecule is CC1CCC(N(C)C(=O)CN(C)CC(C)(CO)CO)CC1. The number of hydrogen-bond acceptors (Lipinski definition) is 4. The van der Waals surface area contributed by atoms with Crippen LogP contribution in [0.25, 0.3) is 0 Å². The Morgan fingerprint density at radius 1 is 1.14 bits per heavy atom. The van der Waals surface area contributed by atoms with Crippen molar-refractivity contribution in [1.29, 1.82) is 0 Å². The molecule has 1 saturated carbocycles. The molecule has 1 rings (SSSR count). The quantitative estimate of drug-likeness (QED) is 0.735. The van der Waals surface area contributed by atoms with Gasteiger partial charge in [0, 0.05) is 25.0 Å². The minimum absolute atomic E-state index is 0.0849. The smallest absolute Gasteiger partial charge is 0.236 e. The molecule has 1 aliphatic rings. The molecule has 5 nitrogen and oxygen atoms in total. The third-order valence-electron chi connectivity index (χ3n) is 4.75. The van der Waals surface area contributed by atoms with Gasteiger partial charge >= 0.3 is 0 Å². The van der Waals surface area contributed by atoms with E-state index in [2.05, 4.69) is 6.92 Å². The normalized spacial score (nSPS) is 23.4. The van der Waals surface area contributed by atoms with Gasteiger partial charge in [0.25, 0.3) is 0 Å². The Kier molecular flexibility index (Phi) is 7.10. The van der Waals surface area contributed by atoms with Gasteiger partial charge in [-0.1, -0.05) is 13.8 Å². The molecule has 0 heterocycles. The molecule has 0 saturated heterocycles. The van der Waals surface area contributed by atoms with E-state index < -0.39 is 5.41 Å². The number of carbonyl (C=O) groups is 1. The maximum atomic E-state index is 12.4. The number of nitrogens with zero attached hydrogens (tertiary/aromatic N) is 2. The average Bonchev–Trinajstić information content (AvgIpc) is 2.46. The van der Waals surface area contributed by atoms with E-state index in [0.717, 1.165) is 18.8 Å². The van der Waals surface area contributed by atoms with Crippen molar-refractivity contribution in [3.63, 3.8) is 0 Å². The molecule has 0 unspecified atom stereocenters. The van der Waals surface area contributed by atoms with Crippen LogP contribution in [0.2, 0.25) is 0 Å². The molecule has 1 aliphatic carbocycles. The Balaban J connectivity index is 2.44. The molecule has 0 spiro atoms. The van der Waals surface area contributed by atoms with Crippen molar-refractivity contribution in [3.8, 4) is 0 Å². The van der Waals surface area contributed by atoms with Crippen LogP contribution in [-0.2, 0) is 4.79 Å². The molecule has 2 N–H and O–H groups in total. The summed E-state index contributed by atoms with van der Waals surface area (Å²) in [5.41, 5.74) is -0.562. The molecule has 21 heavy (non-hydrogen) atoms. The second-order valence-electron chi connectivity index (χ2n) is 7.22. The highest BCUT2D eigenvalue weighted by molar-refractivity contribution is 5.78. The predicted molar refractivity (Wildman–Crippen MR) is 84.0 cm³/mol. The van der Waals surface area contributed by atoms with Crippen LogP contribution >= 0.6 is 0 Å².